The molecule has 0 aromatic rings. The van der Waals surface area contributed by atoms with Crippen LogP contribution >= 0.6 is 12.2 Å². The molecule has 0 aromatic heterocycles. The van der Waals surface area contributed by atoms with Gasteiger partial charge >= 0.3 is 0 Å². The Morgan fingerprint density at radius 2 is 2.29 bits per heavy atom. The zero-order valence-electron chi connectivity index (χ0n) is 8.95. The first kappa shape index (κ1) is 11.4. The molecule has 0 saturated carbocycles. The predicted octanol–water partition coefficient (Wildman–Crippen LogP) is 0.536. The zero-order chi connectivity index (χ0) is 10.7. The number of nitrogens with zero attached hydrogens (tertiary/aromatic N) is 2. The maximum atomic E-state index is 5.32. The number of hydrogen-bond acceptors (Lipinski definition) is 3. The average molecular weight is 214 g/mol. The van der Waals surface area contributed by atoms with E-state index in [1.54, 1.807) is 0 Å². The predicted molar refractivity (Wildman–Crippen MR) is 63.2 cm³/mol. The fraction of sp³-hybridized carbons (Fsp3) is 0.778. The summed E-state index contributed by atoms with van der Waals surface area (Å²) in [5.74, 6) is 0.470. The number of piperidine rings is 1. The van der Waals surface area contributed by atoms with Crippen molar-refractivity contribution < 1.29 is 0 Å². The quantitative estimate of drug-likeness (QED) is 0.494. The van der Waals surface area contributed by atoms with Gasteiger partial charge in [0.05, 0.1) is 0 Å². The van der Waals surface area contributed by atoms with Gasteiger partial charge in [-0.3, -0.25) is 5.43 Å². The molecular formula is C9H18N4S. The first-order valence-corrected chi connectivity index (χ1v) is 5.23. The van der Waals surface area contributed by atoms with Crippen molar-refractivity contribution in [2.45, 2.75) is 26.3 Å². The van der Waals surface area contributed by atoms with Gasteiger partial charge in [0.2, 0.25) is 0 Å². The van der Waals surface area contributed by atoms with Crippen molar-refractivity contribution in [3.63, 3.8) is 0 Å². The van der Waals surface area contributed by atoms with Crippen molar-refractivity contribution in [1.29, 1.82) is 0 Å². The number of rotatable bonds is 1. The van der Waals surface area contributed by atoms with E-state index in [1.165, 1.54) is 0 Å². The highest BCUT2D eigenvalue weighted by Crippen LogP contribution is 2.17. The third-order valence-electron chi connectivity index (χ3n) is 2.70. The van der Waals surface area contributed by atoms with E-state index in [-0.39, 0.29) is 5.11 Å². The third kappa shape index (κ3) is 2.92. The van der Waals surface area contributed by atoms with Crippen LogP contribution in [0.1, 0.15) is 20.3 Å². The second-order valence-electron chi connectivity index (χ2n) is 3.97. The van der Waals surface area contributed by atoms with Crippen LogP contribution in [-0.2, 0) is 0 Å². The molecule has 1 heterocycles. The number of hydrazone groups is 1. The van der Waals surface area contributed by atoms with Gasteiger partial charge in [-0.1, -0.05) is 6.92 Å². The van der Waals surface area contributed by atoms with Crippen LogP contribution in [0.2, 0.25) is 0 Å². The molecule has 0 amide bonds. The van der Waals surface area contributed by atoms with Crippen molar-refractivity contribution in [3.05, 3.63) is 0 Å². The van der Waals surface area contributed by atoms with Gasteiger partial charge in [0, 0.05) is 30.6 Å². The molecule has 0 bridgehead atoms. The topological polar surface area (TPSA) is 53.6 Å². The van der Waals surface area contributed by atoms with Gasteiger partial charge in [0.25, 0.3) is 0 Å². The van der Waals surface area contributed by atoms with Crippen LogP contribution in [0.15, 0.2) is 5.10 Å². The fourth-order valence-electron chi connectivity index (χ4n) is 1.66. The van der Waals surface area contributed by atoms with Crippen molar-refractivity contribution in [2.24, 2.45) is 16.8 Å². The van der Waals surface area contributed by atoms with Crippen LogP contribution < -0.4 is 11.2 Å². The molecule has 3 N–H and O–H groups in total. The van der Waals surface area contributed by atoms with Crippen LogP contribution in [-0.4, -0.2) is 35.4 Å². The minimum absolute atomic E-state index is 0.233. The van der Waals surface area contributed by atoms with Crippen LogP contribution in [0.3, 0.4) is 0 Å². The molecule has 0 radical (unpaired) electrons. The molecule has 1 aliphatic rings. The Labute approximate surface area is 90.5 Å². The lowest BCUT2D eigenvalue weighted by molar-refractivity contribution is 0.225. The first-order chi connectivity index (χ1) is 6.50. The van der Waals surface area contributed by atoms with E-state index in [0.29, 0.717) is 12.0 Å². The van der Waals surface area contributed by atoms with Gasteiger partial charge in [-0.15, -0.1) is 0 Å². The van der Waals surface area contributed by atoms with Crippen LogP contribution in [0, 0.1) is 5.92 Å². The third-order valence-corrected chi connectivity index (χ3v) is 2.79. The summed E-state index contributed by atoms with van der Waals surface area (Å²) in [5, 5.41) is 4.46. The molecule has 1 fully saturated rings. The molecule has 1 rings (SSSR count). The average Bonchev–Trinajstić information content (AvgIpc) is 2.09. The Balaban J connectivity index is 2.60. The Hall–Kier alpha value is -0.680. The van der Waals surface area contributed by atoms with E-state index in [4.69, 9.17) is 18.0 Å². The van der Waals surface area contributed by atoms with Gasteiger partial charge in [0.15, 0.2) is 5.11 Å². The minimum atomic E-state index is 0.233. The van der Waals surface area contributed by atoms with Crippen molar-refractivity contribution in [3.8, 4) is 0 Å². The summed E-state index contributed by atoms with van der Waals surface area (Å²) in [5.41, 5.74) is 9.14. The van der Waals surface area contributed by atoms with E-state index in [9.17, 15) is 0 Å². The van der Waals surface area contributed by atoms with Crippen LogP contribution in [0.4, 0.5) is 0 Å². The van der Waals surface area contributed by atoms with Gasteiger partial charge in [0.1, 0.15) is 0 Å². The Bertz CT molecular complexity index is 251. The number of nitrogens with two attached hydrogens (primary N) is 1. The summed E-state index contributed by atoms with van der Waals surface area (Å²) in [6.07, 6.45) is 0.979. The van der Waals surface area contributed by atoms with E-state index >= 15 is 0 Å². The van der Waals surface area contributed by atoms with Crippen molar-refractivity contribution in [2.75, 3.05) is 13.6 Å². The largest absolute Gasteiger partial charge is 0.375 e. The lowest BCUT2D eigenvalue weighted by Crippen LogP contribution is -2.44. The molecule has 1 aliphatic heterocycles. The monoisotopic (exact) mass is 214 g/mol. The van der Waals surface area contributed by atoms with E-state index in [2.05, 4.69) is 36.3 Å². The SMILES string of the molecule is C[C@@H]1CN(C)[C@@H](C)C/C1=N/NC(N)=S. The maximum absolute atomic E-state index is 5.32. The van der Waals surface area contributed by atoms with E-state index < -0.39 is 0 Å². The second kappa shape index (κ2) is 4.70. The number of likely N-dealkylation sites (tertiary alicyclic amines) is 1. The van der Waals surface area contributed by atoms with Gasteiger partial charge in [-0.05, 0) is 26.2 Å². The van der Waals surface area contributed by atoms with Gasteiger partial charge in [-0.25, -0.2) is 0 Å². The summed E-state index contributed by atoms with van der Waals surface area (Å²) in [6, 6.07) is 0.540. The minimum Gasteiger partial charge on any atom is -0.375 e. The molecule has 2 atom stereocenters. The molecule has 4 nitrogen and oxygen atoms in total. The molecule has 0 spiro atoms. The summed E-state index contributed by atoms with van der Waals surface area (Å²) in [6.45, 7) is 5.41. The zero-order valence-corrected chi connectivity index (χ0v) is 9.77. The molecule has 14 heavy (non-hydrogen) atoms. The van der Waals surface area contributed by atoms with Crippen LogP contribution in [0.5, 0.6) is 0 Å². The summed E-state index contributed by atoms with van der Waals surface area (Å²) >= 11 is 4.70. The summed E-state index contributed by atoms with van der Waals surface area (Å²) in [4.78, 5) is 2.34. The number of nitrogens with one attached hydrogen (secondary N) is 1. The van der Waals surface area contributed by atoms with Crippen LogP contribution in [0.25, 0.3) is 0 Å². The highest BCUT2D eigenvalue weighted by Gasteiger charge is 2.25. The summed E-state index contributed by atoms with van der Waals surface area (Å²) in [7, 11) is 2.14. The Morgan fingerprint density at radius 1 is 1.64 bits per heavy atom. The Kier molecular flexibility index (Phi) is 3.83. The first-order valence-electron chi connectivity index (χ1n) is 4.83. The number of thiocarbonyl (C=S) groups is 1. The van der Waals surface area contributed by atoms with Gasteiger partial charge < -0.3 is 10.6 Å². The summed E-state index contributed by atoms with van der Waals surface area (Å²) < 4.78 is 0. The Morgan fingerprint density at radius 3 is 2.86 bits per heavy atom. The molecular weight excluding hydrogens is 196 g/mol. The molecule has 0 aromatic carbocycles. The lowest BCUT2D eigenvalue weighted by Gasteiger charge is -2.34. The van der Waals surface area contributed by atoms with Crippen molar-refractivity contribution in [1.82, 2.24) is 10.3 Å². The second-order valence-corrected chi connectivity index (χ2v) is 4.41. The molecule has 5 heteroatoms. The van der Waals surface area contributed by atoms with Gasteiger partial charge in [-0.2, -0.15) is 5.10 Å². The molecule has 80 valence electrons. The maximum Gasteiger partial charge on any atom is 0.184 e. The van der Waals surface area contributed by atoms with E-state index in [1.807, 2.05) is 0 Å². The van der Waals surface area contributed by atoms with Crippen molar-refractivity contribution >= 4 is 23.0 Å². The number of hydrogen-bond donors (Lipinski definition) is 2. The molecule has 0 aliphatic carbocycles. The molecule has 1 saturated heterocycles. The highest BCUT2D eigenvalue weighted by molar-refractivity contribution is 7.80. The molecule has 0 unspecified atom stereocenters. The standard InChI is InChI=1S/C9H18N4S/c1-6-5-13(3)7(2)4-8(6)11-12-9(10)14/h6-7H,4-5H2,1-3H3,(H3,10,12,14)/b11-8-/t6-,7+/m1/s1. The lowest BCUT2D eigenvalue weighted by atomic mass is 9.93. The van der Waals surface area contributed by atoms with E-state index in [0.717, 1.165) is 18.7 Å². The smallest absolute Gasteiger partial charge is 0.184 e. The highest BCUT2D eigenvalue weighted by atomic mass is 32.1. The normalized spacial score (nSPS) is 31.8. The fourth-order valence-corrected chi connectivity index (χ4v) is 1.71.